The van der Waals surface area contributed by atoms with Crippen molar-refractivity contribution in [3.05, 3.63) is 41.6 Å². The molecule has 0 aliphatic rings. The zero-order valence-corrected chi connectivity index (χ0v) is 14.0. The summed E-state index contributed by atoms with van der Waals surface area (Å²) in [6.07, 6.45) is 2.08. The maximum absolute atomic E-state index is 12.3. The highest BCUT2D eigenvalue weighted by atomic mass is 35.5. The minimum Gasteiger partial charge on any atom is -0.484 e. The van der Waals surface area contributed by atoms with Crippen LogP contribution < -0.4 is 10.1 Å². The third kappa shape index (κ3) is 5.58. The van der Waals surface area contributed by atoms with Crippen molar-refractivity contribution >= 4 is 29.2 Å². The molecule has 0 unspecified atom stereocenters. The molecular formula is C16H18ClN3O4. The minimum absolute atomic E-state index is 0.0799. The molecule has 1 aromatic heterocycles. The Morgan fingerprint density at radius 2 is 2.04 bits per heavy atom. The molecule has 0 aliphatic carbocycles. The maximum atomic E-state index is 12.3. The Kier molecular flexibility index (Phi) is 6.62. The lowest BCUT2D eigenvalue weighted by atomic mass is 10.3. The molecule has 0 saturated heterocycles. The molecule has 8 heteroatoms. The summed E-state index contributed by atoms with van der Waals surface area (Å²) in [7, 11) is 0. The molecule has 2 rings (SSSR count). The van der Waals surface area contributed by atoms with E-state index in [1.165, 1.54) is 17.2 Å². The number of halogens is 1. The van der Waals surface area contributed by atoms with Gasteiger partial charge in [-0.3, -0.25) is 9.59 Å². The van der Waals surface area contributed by atoms with Crippen LogP contribution in [0.1, 0.15) is 13.3 Å². The smallest absolute Gasteiger partial charge is 0.260 e. The quantitative estimate of drug-likeness (QED) is 0.790. The Balaban J connectivity index is 1.87. The van der Waals surface area contributed by atoms with Gasteiger partial charge in [0.1, 0.15) is 18.6 Å². The lowest BCUT2D eigenvalue weighted by molar-refractivity contribution is -0.136. The van der Waals surface area contributed by atoms with Crippen LogP contribution >= 0.6 is 11.6 Å². The van der Waals surface area contributed by atoms with E-state index >= 15 is 0 Å². The lowest BCUT2D eigenvalue weighted by Crippen LogP contribution is -2.41. The fourth-order valence-electron chi connectivity index (χ4n) is 1.96. The van der Waals surface area contributed by atoms with E-state index in [1.54, 1.807) is 24.3 Å². The summed E-state index contributed by atoms with van der Waals surface area (Å²) in [4.78, 5) is 25.7. The molecule has 2 amide bonds. The van der Waals surface area contributed by atoms with E-state index in [1.807, 2.05) is 6.92 Å². The maximum Gasteiger partial charge on any atom is 0.260 e. The number of carbonyl (C=O) groups excluding carboxylic acids is 2. The van der Waals surface area contributed by atoms with Crippen LogP contribution in [0, 0.1) is 0 Å². The van der Waals surface area contributed by atoms with E-state index in [0.717, 1.165) is 6.42 Å². The van der Waals surface area contributed by atoms with Crippen molar-refractivity contribution in [3.63, 3.8) is 0 Å². The first-order chi connectivity index (χ1) is 11.6. The molecule has 1 heterocycles. The molecule has 1 aromatic carbocycles. The Labute approximate surface area is 144 Å². The number of nitrogens with one attached hydrogen (secondary N) is 1. The van der Waals surface area contributed by atoms with Gasteiger partial charge in [-0.1, -0.05) is 23.7 Å². The molecule has 2 aromatic rings. The van der Waals surface area contributed by atoms with Gasteiger partial charge in [-0.2, -0.15) is 0 Å². The number of anilines is 1. The second-order valence-electron chi connectivity index (χ2n) is 4.99. The first-order valence-electron chi connectivity index (χ1n) is 7.45. The molecule has 24 heavy (non-hydrogen) atoms. The van der Waals surface area contributed by atoms with E-state index in [-0.39, 0.29) is 25.0 Å². The zero-order valence-electron chi connectivity index (χ0n) is 13.2. The van der Waals surface area contributed by atoms with Gasteiger partial charge in [0.25, 0.3) is 5.91 Å². The Hall–Kier alpha value is -2.54. The predicted octanol–water partition coefficient (Wildman–Crippen LogP) is 2.58. The number of ether oxygens (including phenoxy) is 1. The second-order valence-corrected chi connectivity index (χ2v) is 5.43. The third-order valence-electron chi connectivity index (χ3n) is 3.06. The Morgan fingerprint density at radius 3 is 2.67 bits per heavy atom. The second kappa shape index (κ2) is 8.93. The highest BCUT2D eigenvalue weighted by molar-refractivity contribution is 6.30. The van der Waals surface area contributed by atoms with Crippen molar-refractivity contribution in [2.75, 3.05) is 25.0 Å². The minimum atomic E-state index is -0.350. The number of aromatic nitrogens is 1. The number of nitrogens with zero attached hydrogens (tertiary/aromatic N) is 2. The first kappa shape index (κ1) is 17.8. The standard InChI is InChI=1S/C16H18ClN3O4/c1-2-8-20(10-15(21)18-14-7-9-24-19-14)16(22)11-23-13-5-3-12(17)4-6-13/h3-7,9H,2,8,10-11H2,1H3,(H,18,19,21). The van der Waals surface area contributed by atoms with Gasteiger partial charge in [-0.15, -0.1) is 0 Å². The molecular weight excluding hydrogens is 334 g/mol. The van der Waals surface area contributed by atoms with Crippen molar-refractivity contribution in [2.45, 2.75) is 13.3 Å². The number of benzene rings is 1. The highest BCUT2D eigenvalue weighted by Gasteiger charge is 2.17. The van der Waals surface area contributed by atoms with Gasteiger partial charge in [0.15, 0.2) is 12.4 Å². The van der Waals surface area contributed by atoms with Crippen molar-refractivity contribution in [1.82, 2.24) is 10.1 Å². The molecule has 1 N–H and O–H groups in total. The van der Waals surface area contributed by atoms with Crippen molar-refractivity contribution in [1.29, 1.82) is 0 Å². The first-order valence-corrected chi connectivity index (χ1v) is 7.82. The SMILES string of the molecule is CCCN(CC(=O)Nc1ccon1)C(=O)COc1ccc(Cl)cc1. The summed E-state index contributed by atoms with van der Waals surface area (Å²) >= 11 is 5.79. The van der Waals surface area contributed by atoms with Gasteiger partial charge < -0.3 is 19.5 Å². The summed E-state index contributed by atoms with van der Waals surface area (Å²) in [5.74, 6) is 0.219. The van der Waals surface area contributed by atoms with Crippen LogP contribution in [0.2, 0.25) is 5.02 Å². The molecule has 0 atom stereocenters. The van der Waals surface area contributed by atoms with Gasteiger partial charge in [0.05, 0.1) is 0 Å². The van der Waals surface area contributed by atoms with Gasteiger partial charge in [-0.05, 0) is 30.7 Å². The molecule has 0 fully saturated rings. The third-order valence-corrected chi connectivity index (χ3v) is 3.31. The van der Waals surface area contributed by atoms with Crippen LogP contribution in [0.15, 0.2) is 41.1 Å². The summed E-state index contributed by atoms with van der Waals surface area (Å²) < 4.78 is 10.1. The average Bonchev–Trinajstić information content (AvgIpc) is 3.06. The summed E-state index contributed by atoms with van der Waals surface area (Å²) in [6.45, 7) is 2.15. The topological polar surface area (TPSA) is 84.7 Å². The molecule has 7 nitrogen and oxygen atoms in total. The highest BCUT2D eigenvalue weighted by Crippen LogP contribution is 2.15. The van der Waals surface area contributed by atoms with E-state index in [4.69, 9.17) is 16.3 Å². The van der Waals surface area contributed by atoms with Crippen LogP contribution in [0.5, 0.6) is 5.75 Å². The van der Waals surface area contributed by atoms with Crippen LogP contribution in [0.3, 0.4) is 0 Å². The van der Waals surface area contributed by atoms with Gasteiger partial charge in [0, 0.05) is 17.6 Å². The normalized spacial score (nSPS) is 10.2. The fourth-order valence-corrected chi connectivity index (χ4v) is 2.09. The summed E-state index contributed by atoms with van der Waals surface area (Å²) in [6, 6.07) is 8.23. The van der Waals surface area contributed by atoms with Crippen molar-refractivity contribution in [3.8, 4) is 5.75 Å². The van der Waals surface area contributed by atoms with Gasteiger partial charge >= 0.3 is 0 Å². The summed E-state index contributed by atoms with van der Waals surface area (Å²) in [5, 5.41) is 6.73. The lowest BCUT2D eigenvalue weighted by Gasteiger charge is -2.21. The Bertz CT molecular complexity index is 658. The molecule has 0 radical (unpaired) electrons. The number of amides is 2. The van der Waals surface area contributed by atoms with Gasteiger partial charge in [-0.25, -0.2) is 0 Å². The zero-order chi connectivity index (χ0) is 17.4. The number of carbonyl (C=O) groups is 2. The van der Waals surface area contributed by atoms with Crippen LogP contribution in [0.25, 0.3) is 0 Å². The van der Waals surface area contributed by atoms with E-state index in [9.17, 15) is 9.59 Å². The fraction of sp³-hybridized carbons (Fsp3) is 0.312. The molecule has 0 bridgehead atoms. The van der Waals surface area contributed by atoms with Crippen LogP contribution in [0.4, 0.5) is 5.82 Å². The molecule has 0 aliphatic heterocycles. The predicted molar refractivity (Wildman–Crippen MR) is 89.0 cm³/mol. The number of hydrogen-bond acceptors (Lipinski definition) is 5. The Morgan fingerprint density at radius 1 is 1.29 bits per heavy atom. The van der Waals surface area contributed by atoms with Gasteiger partial charge in [0.2, 0.25) is 5.91 Å². The number of rotatable bonds is 8. The van der Waals surface area contributed by atoms with Crippen LogP contribution in [-0.4, -0.2) is 41.6 Å². The summed E-state index contributed by atoms with van der Waals surface area (Å²) in [5.41, 5.74) is 0. The average molecular weight is 352 g/mol. The number of hydrogen-bond donors (Lipinski definition) is 1. The largest absolute Gasteiger partial charge is 0.484 e. The molecule has 0 spiro atoms. The van der Waals surface area contributed by atoms with E-state index in [2.05, 4.69) is 15.0 Å². The van der Waals surface area contributed by atoms with E-state index < -0.39 is 0 Å². The molecule has 128 valence electrons. The molecule has 0 saturated carbocycles. The van der Waals surface area contributed by atoms with Crippen molar-refractivity contribution < 1.29 is 18.8 Å². The van der Waals surface area contributed by atoms with Crippen LogP contribution in [-0.2, 0) is 9.59 Å². The van der Waals surface area contributed by atoms with E-state index in [0.29, 0.717) is 23.1 Å². The monoisotopic (exact) mass is 351 g/mol. The van der Waals surface area contributed by atoms with Crippen molar-refractivity contribution in [2.24, 2.45) is 0 Å².